The summed E-state index contributed by atoms with van der Waals surface area (Å²) >= 11 is 0. The second kappa shape index (κ2) is 3.68. The summed E-state index contributed by atoms with van der Waals surface area (Å²) in [6.07, 6.45) is 4.48. The molecule has 2 aromatic heterocycles. The van der Waals surface area contributed by atoms with Crippen molar-refractivity contribution in [3.63, 3.8) is 0 Å². The molecule has 0 aromatic carbocycles. The number of esters is 1. The van der Waals surface area contributed by atoms with Crippen LogP contribution in [0.5, 0.6) is 0 Å². The molecule has 2 aromatic rings. The summed E-state index contributed by atoms with van der Waals surface area (Å²) in [7, 11) is 0. The van der Waals surface area contributed by atoms with Gasteiger partial charge in [-0.15, -0.1) is 0 Å². The number of ether oxygens (including phenoxy) is 1. The Balaban J connectivity index is 2.40. The number of nitrogens with zero attached hydrogens (tertiary/aromatic N) is 2. The highest BCUT2D eigenvalue weighted by atomic mass is 16.5. The molecule has 0 radical (unpaired) electrons. The minimum absolute atomic E-state index is 0.132. The molecule has 0 spiro atoms. The Hall–Kier alpha value is -1.91. The van der Waals surface area contributed by atoms with E-state index in [0.717, 1.165) is 0 Å². The van der Waals surface area contributed by atoms with E-state index in [4.69, 9.17) is 4.74 Å². The molecule has 0 aliphatic heterocycles. The standard InChI is InChI=1S/C10H11N3O2/c1-6(2)15-10(14)8-4-12-9-7(8)3-11-5-13-9/h3-6H,1-2H3,(H,11,12,13). The van der Waals surface area contributed by atoms with Gasteiger partial charge in [0, 0.05) is 12.4 Å². The third-order valence-electron chi connectivity index (χ3n) is 1.92. The number of hydrogen-bond donors (Lipinski definition) is 1. The second-order valence-corrected chi connectivity index (χ2v) is 3.44. The monoisotopic (exact) mass is 205 g/mol. The van der Waals surface area contributed by atoms with Crippen molar-refractivity contribution in [3.8, 4) is 0 Å². The third-order valence-corrected chi connectivity index (χ3v) is 1.92. The summed E-state index contributed by atoms with van der Waals surface area (Å²) in [5, 5.41) is 0.683. The highest BCUT2D eigenvalue weighted by Crippen LogP contribution is 2.15. The van der Waals surface area contributed by atoms with E-state index in [0.29, 0.717) is 16.6 Å². The second-order valence-electron chi connectivity index (χ2n) is 3.44. The van der Waals surface area contributed by atoms with Crippen LogP contribution in [0, 0.1) is 0 Å². The van der Waals surface area contributed by atoms with Gasteiger partial charge in [-0.1, -0.05) is 0 Å². The minimum Gasteiger partial charge on any atom is -0.459 e. The summed E-state index contributed by atoms with van der Waals surface area (Å²) in [5.41, 5.74) is 1.11. The van der Waals surface area contributed by atoms with Crippen LogP contribution in [-0.2, 0) is 4.74 Å². The number of carbonyl (C=O) groups excluding carboxylic acids is 1. The number of H-pyrrole nitrogens is 1. The fourth-order valence-corrected chi connectivity index (χ4v) is 1.31. The molecule has 78 valence electrons. The van der Waals surface area contributed by atoms with Gasteiger partial charge in [0.2, 0.25) is 0 Å². The predicted octanol–water partition coefficient (Wildman–Crippen LogP) is 1.52. The van der Waals surface area contributed by atoms with Crippen LogP contribution >= 0.6 is 0 Å². The first kappa shape index (κ1) is 9.64. The zero-order chi connectivity index (χ0) is 10.8. The lowest BCUT2D eigenvalue weighted by molar-refractivity contribution is 0.0380. The molecular formula is C10H11N3O2. The highest BCUT2D eigenvalue weighted by molar-refractivity contribution is 6.02. The summed E-state index contributed by atoms with van der Waals surface area (Å²) < 4.78 is 5.09. The zero-order valence-electron chi connectivity index (χ0n) is 8.52. The quantitative estimate of drug-likeness (QED) is 0.755. The zero-order valence-corrected chi connectivity index (χ0v) is 8.52. The first-order chi connectivity index (χ1) is 7.18. The van der Waals surface area contributed by atoms with Crippen LogP contribution in [0.2, 0.25) is 0 Å². The maximum Gasteiger partial charge on any atom is 0.340 e. The van der Waals surface area contributed by atoms with Crippen LogP contribution < -0.4 is 0 Å². The SMILES string of the molecule is CC(C)OC(=O)c1c[nH]c2ncncc12. The van der Waals surface area contributed by atoms with Crippen molar-refractivity contribution in [2.45, 2.75) is 20.0 Å². The Morgan fingerprint density at radius 1 is 1.53 bits per heavy atom. The lowest BCUT2D eigenvalue weighted by Crippen LogP contribution is -2.11. The van der Waals surface area contributed by atoms with Crippen molar-refractivity contribution >= 4 is 17.0 Å². The molecular weight excluding hydrogens is 194 g/mol. The molecule has 0 aliphatic rings. The van der Waals surface area contributed by atoms with Crippen LogP contribution in [0.15, 0.2) is 18.7 Å². The summed E-state index contributed by atoms with van der Waals surface area (Å²) in [4.78, 5) is 22.4. The van der Waals surface area contributed by atoms with Gasteiger partial charge in [-0.2, -0.15) is 0 Å². The largest absolute Gasteiger partial charge is 0.459 e. The van der Waals surface area contributed by atoms with Gasteiger partial charge in [0.15, 0.2) is 0 Å². The topological polar surface area (TPSA) is 67.9 Å². The Labute approximate surface area is 86.5 Å². The Bertz CT molecular complexity index is 490. The van der Waals surface area contributed by atoms with Gasteiger partial charge in [0.1, 0.15) is 12.0 Å². The van der Waals surface area contributed by atoms with E-state index < -0.39 is 0 Å². The van der Waals surface area contributed by atoms with Crippen molar-refractivity contribution in [1.29, 1.82) is 0 Å². The molecule has 0 unspecified atom stereocenters. The van der Waals surface area contributed by atoms with Crippen LogP contribution in [0.1, 0.15) is 24.2 Å². The number of hydrogen-bond acceptors (Lipinski definition) is 4. The van der Waals surface area contributed by atoms with E-state index >= 15 is 0 Å². The number of fused-ring (bicyclic) bond motifs is 1. The van der Waals surface area contributed by atoms with Gasteiger partial charge < -0.3 is 9.72 Å². The molecule has 5 nitrogen and oxygen atoms in total. The molecule has 0 saturated carbocycles. The Morgan fingerprint density at radius 3 is 3.07 bits per heavy atom. The third kappa shape index (κ3) is 1.81. The molecule has 15 heavy (non-hydrogen) atoms. The fourth-order valence-electron chi connectivity index (χ4n) is 1.31. The lowest BCUT2D eigenvalue weighted by Gasteiger charge is -2.06. The maximum atomic E-state index is 11.6. The number of rotatable bonds is 2. The van der Waals surface area contributed by atoms with Gasteiger partial charge in [-0.05, 0) is 13.8 Å². The molecule has 0 bridgehead atoms. The van der Waals surface area contributed by atoms with E-state index in [9.17, 15) is 4.79 Å². The van der Waals surface area contributed by atoms with Crippen LogP contribution in [-0.4, -0.2) is 27.0 Å². The molecule has 0 amide bonds. The fraction of sp³-hybridized carbons (Fsp3) is 0.300. The molecule has 2 rings (SSSR count). The highest BCUT2D eigenvalue weighted by Gasteiger charge is 2.14. The van der Waals surface area contributed by atoms with E-state index in [1.807, 2.05) is 13.8 Å². The van der Waals surface area contributed by atoms with E-state index in [2.05, 4.69) is 15.0 Å². The summed E-state index contributed by atoms with van der Waals surface area (Å²) in [5.74, 6) is -0.356. The first-order valence-electron chi connectivity index (χ1n) is 4.66. The predicted molar refractivity (Wildman–Crippen MR) is 54.4 cm³/mol. The van der Waals surface area contributed by atoms with Crippen LogP contribution in [0.4, 0.5) is 0 Å². The lowest BCUT2D eigenvalue weighted by atomic mass is 10.2. The smallest absolute Gasteiger partial charge is 0.340 e. The maximum absolute atomic E-state index is 11.6. The first-order valence-corrected chi connectivity index (χ1v) is 4.66. The molecule has 2 heterocycles. The number of nitrogens with one attached hydrogen (secondary N) is 1. The summed E-state index contributed by atoms with van der Waals surface area (Å²) in [6, 6.07) is 0. The average molecular weight is 205 g/mol. The van der Waals surface area contributed by atoms with E-state index in [-0.39, 0.29) is 12.1 Å². The van der Waals surface area contributed by atoms with Crippen molar-refractivity contribution in [2.75, 3.05) is 0 Å². The average Bonchev–Trinajstić information content (AvgIpc) is 2.59. The molecule has 0 saturated heterocycles. The molecule has 5 heteroatoms. The van der Waals surface area contributed by atoms with E-state index in [1.54, 1.807) is 12.4 Å². The Kier molecular flexibility index (Phi) is 2.37. The molecule has 0 fully saturated rings. The molecule has 0 aliphatic carbocycles. The van der Waals surface area contributed by atoms with Crippen molar-refractivity contribution < 1.29 is 9.53 Å². The number of aromatic amines is 1. The molecule has 0 atom stereocenters. The number of carbonyl (C=O) groups is 1. The van der Waals surface area contributed by atoms with Crippen LogP contribution in [0.3, 0.4) is 0 Å². The van der Waals surface area contributed by atoms with Crippen molar-refractivity contribution in [2.24, 2.45) is 0 Å². The van der Waals surface area contributed by atoms with Crippen molar-refractivity contribution in [1.82, 2.24) is 15.0 Å². The minimum atomic E-state index is -0.356. The van der Waals surface area contributed by atoms with Crippen molar-refractivity contribution in [3.05, 3.63) is 24.3 Å². The summed E-state index contributed by atoms with van der Waals surface area (Å²) in [6.45, 7) is 3.62. The molecule has 1 N–H and O–H groups in total. The normalized spacial score (nSPS) is 10.9. The van der Waals surface area contributed by atoms with Gasteiger partial charge in [0.25, 0.3) is 0 Å². The van der Waals surface area contributed by atoms with Gasteiger partial charge in [-0.3, -0.25) is 0 Å². The van der Waals surface area contributed by atoms with Gasteiger partial charge in [-0.25, -0.2) is 14.8 Å². The Morgan fingerprint density at radius 2 is 2.33 bits per heavy atom. The van der Waals surface area contributed by atoms with Crippen LogP contribution in [0.25, 0.3) is 11.0 Å². The number of aromatic nitrogens is 3. The van der Waals surface area contributed by atoms with Gasteiger partial charge >= 0.3 is 5.97 Å². The van der Waals surface area contributed by atoms with E-state index in [1.165, 1.54) is 6.33 Å². The van der Waals surface area contributed by atoms with Gasteiger partial charge in [0.05, 0.1) is 17.1 Å².